The average molecular weight is 352 g/mol. The van der Waals surface area contributed by atoms with Crippen LogP contribution in [-0.2, 0) is 0 Å². The van der Waals surface area contributed by atoms with E-state index in [0.717, 1.165) is 29.0 Å². The molecule has 26 heavy (non-hydrogen) atoms. The number of aromatic nitrogens is 2. The number of carbonyl (C=O) groups is 1. The van der Waals surface area contributed by atoms with Crippen molar-refractivity contribution in [3.8, 4) is 0 Å². The molecule has 2 aromatic rings. The maximum absolute atomic E-state index is 12.7. The quantitative estimate of drug-likeness (QED) is 0.921. The van der Waals surface area contributed by atoms with Crippen molar-refractivity contribution in [3.05, 3.63) is 35.2 Å². The van der Waals surface area contributed by atoms with Crippen LogP contribution in [0.25, 0.3) is 11.0 Å². The summed E-state index contributed by atoms with van der Waals surface area (Å²) in [4.78, 5) is 24.4. The predicted octanol–water partition coefficient (Wildman–Crippen LogP) is 3.24. The molecule has 5 heteroatoms. The van der Waals surface area contributed by atoms with Gasteiger partial charge in [0.2, 0.25) is 0 Å². The molecular formula is C21H28N4O. The van der Waals surface area contributed by atoms with Gasteiger partial charge in [-0.2, -0.15) is 0 Å². The number of benzene rings is 1. The number of hydrogen-bond acceptors (Lipinski definition) is 4. The zero-order valence-electron chi connectivity index (χ0n) is 15.8. The number of nitrogens with zero attached hydrogens (tertiary/aromatic N) is 3. The third kappa shape index (κ3) is 3.45. The van der Waals surface area contributed by atoms with Gasteiger partial charge in [0.25, 0.3) is 5.91 Å². The maximum Gasteiger partial charge on any atom is 0.251 e. The van der Waals surface area contributed by atoms with Crippen molar-refractivity contribution in [3.63, 3.8) is 0 Å². The first-order valence-electron chi connectivity index (χ1n) is 9.89. The first-order valence-corrected chi connectivity index (χ1v) is 9.89. The third-order valence-corrected chi connectivity index (χ3v) is 6.09. The molecule has 2 aliphatic heterocycles. The summed E-state index contributed by atoms with van der Waals surface area (Å²) in [6, 6.07) is 6.27. The SMILES string of the molecule is Cc1nc2ccc(C(=O)NC[C@H]3CCCN4CCCC[C@H]34)cc2nc1C. The molecule has 1 aromatic heterocycles. The van der Waals surface area contributed by atoms with E-state index >= 15 is 0 Å². The topological polar surface area (TPSA) is 58.1 Å². The Kier molecular flexibility index (Phi) is 4.90. The zero-order valence-corrected chi connectivity index (χ0v) is 15.8. The third-order valence-electron chi connectivity index (χ3n) is 6.09. The van der Waals surface area contributed by atoms with E-state index in [2.05, 4.69) is 20.2 Å². The van der Waals surface area contributed by atoms with Crippen LogP contribution in [0.3, 0.4) is 0 Å². The number of aryl methyl sites for hydroxylation is 2. The minimum atomic E-state index is -0.000129. The minimum absolute atomic E-state index is 0.000129. The fraction of sp³-hybridized carbons (Fsp3) is 0.571. The van der Waals surface area contributed by atoms with Gasteiger partial charge in [0.1, 0.15) is 0 Å². The van der Waals surface area contributed by atoms with E-state index in [9.17, 15) is 4.79 Å². The van der Waals surface area contributed by atoms with Gasteiger partial charge < -0.3 is 10.2 Å². The molecular weight excluding hydrogens is 324 g/mol. The number of piperidine rings is 2. The van der Waals surface area contributed by atoms with Crippen LogP contribution < -0.4 is 5.32 Å². The molecule has 1 aromatic carbocycles. The van der Waals surface area contributed by atoms with Crippen LogP contribution in [0.4, 0.5) is 0 Å². The highest BCUT2D eigenvalue weighted by atomic mass is 16.1. The van der Waals surface area contributed by atoms with Crippen molar-refractivity contribution >= 4 is 16.9 Å². The lowest BCUT2D eigenvalue weighted by Crippen LogP contribution is -2.51. The second kappa shape index (κ2) is 7.31. The van der Waals surface area contributed by atoms with E-state index in [0.29, 0.717) is 17.5 Å². The molecule has 1 amide bonds. The highest BCUT2D eigenvalue weighted by Gasteiger charge is 2.32. The number of rotatable bonds is 3. The fourth-order valence-electron chi connectivity index (χ4n) is 4.51. The molecule has 4 rings (SSSR count). The molecule has 0 radical (unpaired) electrons. The van der Waals surface area contributed by atoms with Gasteiger partial charge in [0, 0.05) is 18.2 Å². The second-order valence-electron chi connectivity index (χ2n) is 7.81. The molecule has 2 saturated heterocycles. The summed E-state index contributed by atoms with van der Waals surface area (Å²) >= 11 is 0. The Morgan fingerprint density at radius 1 is 1.08 bits per heavy atom. The molecule has 3 heterocycles. The number of carbonyl (C=O) groups excluding carboxylic acids is 1. The number of fused-ring (bicyclic) bond motifs is 2. The summed E-state index contributed by atoms with van der Waals surface area (Å²) in [5, 5.41) is 3.18. The van der Waals surface area contributed by atoms with Crippen LogP contribution in [0.2, 0.25) is 0 Å². The normalized spacial score (nSPS) is 23.6. The molecule has 0 bridgehead atoms. The van der Waals surface area contributed by atoms with Gasteiger partial charge in [0.15, 0.2) is 0 Å². The monoisotopic (exact) mass is 352 g/mol. The Labute approximate surface area is 155 Å². The Hall–Kier alpha value is -2.01. The Balaban J connectivity index is 1.44. The maximum atomic E-state index is 12.7. The van der Waals surface area contributed by atoms with E-state index in [-0.39, 0.29) is 5.91 Å². The molecule has 5 nitrogen and oxygen atoms in total. The summed E-state index contributed by atoms with van der Waals surface area (Å²) in [6.07, 6.45) is 6.41. The number of hydrogen-bond donors (Lipinski definition) is 1. The van der Waals surface area contributed by atoms with Gasteiger partial charge in [-0.15, -0.1) is 0 Å². The van der Waals surface area contributed by atoms with E-state index in [1.54, 1.807) is 0 Å². The molecule has 0 unspecified atom stereocenters. The summed E-state index contributed by atoms with van der Waals surface area (Å²) < 4.78 is 0. The standard InChI is InChI=1S/C21H28N4O/c1-14-15(2)24-19-12-16(8-9-18(19)23-14)21(26)22-13-17-6-5-11-25-10-4-3-7-20(17)25/h8-9,12,17,20H,3-7,10-11,13H2,1-2H3,(H,22,26)/t17-,20-/m1/s1. The van der Waals surface area contributed by atoms with Crippen LogP contribution in [0, 0.1) is 19.8 Å². The zero-order chi connectivity index (χ0) is 18.1. The van der Waals surface area contributed by atoms with Crippen molar-refractivity contribution in [2.45, 2.75) is 52.0 Å². The van der Waals surface area contributed by atoms with Gasteiger partial charge in [-0.05, 0) is 76.7 Å². The fourth-order valence-corrected chi connectivity index (χ4v) is 4.51. The summed E-state index contributed by atoms with van der Waals surface area (Å²) in [7, 11) is 0. The molecule has 0 spiro atoms. The van der Waals surface area contributed by atoms with Crippen LogP contribution in [0.5, 0.6) is 0 Å². The van der Waals surface area contributed by atoms with E-state index in [1.807, 2.05) is 32.0 Å². The van der Waals surface area contributed by atoms with Crippen LogP contribution in [-0.4, -0.2) is 46.5 Å². The summed E-state index contributed by atoms with van der Waals surface area (Å²) in [6.45, 7) is 7.15. The Bertz CT molecular complexity index is 817. The molecule has 2 fully saturated rings. The second-order valence-corrected chi connectivity index (χ2v) is 7.81. The Morgan fingerprint density at radius 2 is 1.85 bits per heavy atom. The molecule has 0 saturated carbocycles. The Morgan fingerprint density at radius 3 is 2.69 bits per heavy atom. The van der Waals surface area contributed by atoms with Crippen molar-refractivity contribution in [2.24, 2.45) is 5.92 Å². The first kappa shape index (κ1) is 17.4. The molecule has 2 aliphatic rings. The van der Waals surface area contributed by atoms with Gasteiger partial charge in [0.05, 0.1) is 22.4 Å². The van der Waals surface area contributed by atoms with Gasteiger partial charge >= 0.3 is 0 Å². The van der Waals surface area contributed by atoms with Crippen LogP contribution >= 0.6 is 0 Å². The van der Waals surface area contributed by atoms with E-state index in [4.69, 9.17) is 0 Å². The largest absolute Gasteiger partial charge is 0.352 e. The lowest BCUT2D eigenvalue weighted by atomic mass is 9.83. The highest BCUT2D eigenvalue weighted by molar-refractivity contribution is 5.97. The lowest BCUT2D eigenvalue weighted by molar-refractivity contribution is 0.0575. The average Bonchev–Trinajstić information content (AvgIpc) is 2.66. The molecule has 138 valence electrons. The molecule has 0 aliphatic carbocycles. The van der Waals surface area contributed by atoms with Gasteiger partial charge in [-0.1, -0.05) is 6.42 Å². The van der Waals surface area contributed by atoms with E-state index in [1.165, 1.54) is 45.2 Å². The smallest absolute Gasteiger partial charge is 0.251 e. The molecule has 1 N–H and O–H groups in total. The lowest BCUT2D eigenvalue weighted by Gasteiger charge is -2.44. The first-order chi connectivity index (χ1) is 12.6. The number of amides is 1. The van der Waals surface area contributed by atoms with Crippen molar-refractivity contribution in [2.75, 3.05) is 19.6 Å². The highest BCUT2D eigenvalue weighted by Crippen LogP contribution is 2.30. The van der Waals surface area contributed by atoms with Crippen molar-refractivity contribution in [1.29, 1.82) is 0 Å². The predicted molar refractivity (Wildman–Crippen MR) is 103 cm³/mol. The van der Waals surface area contributed by atoms with Gasteiger partial charge in [-0.25, -0.2) is 9.97 Å². The van der Waals surface area contributed by atoms with Crippen LogP contribution in [0.1, 0.15) is 53.8 Å². The van der Waals surface area contributed by atoms with Crippen molar-refractivity contribution in [1.82, 2.24) is 20.2 Å². The molecule has 2 atom stereocenters. The van der Waals surface area contributed by atoms with Crippen LogP contribution in [0.15, 0.2) is 18.2 Å². The van der Waals surface area contributed by atoms with Crippen molar-refractivity contribution < 1.29 is 4.79 Å². The van der Waals surface area contributed by atoms with E-state index < -0.39 is 0 Å². The summed E-state index contributed by atoms with van der Waals surface area (Å²) in [5.74, 6) is 0.581. The van der Waals surface area contributed by atoms with Gasteiger partial charge in [-0.3, -0.25) is 4.79 Å². The minimum Gasteiger partial charge on any atom is -0.352 e. The number of nitrogens with one attached hydrogen (secondary N) is 1. The summed E-state index contributed by atoms with van der Waals surface area (Å²) in [5.41, 5.74) is 4.15.